The van der Waals surface area contributed by atoms with Gasteiger partial charge in [0.25, 0.3) is 0 Å². The smallest absolute Gasteiger partial charge is 0.0191 e. The van der Waals surface area contributed by atoms with Crippen LogP contribution >= 0.6 is 11.8 Å². The van der Waals surface area contributed by atoms with E-state index in [2.05, 4.69) is 71.1 Å². The lowest BCUT2D eigenvalue weighted by Gasteiger charge is -2.20. The molecule has 1 N–H and O–H groups in total. The van der Waals surface area contributed by atoms with Gasteiger partial charge in [0.2, 0.25) is 0 Å². The van der Waals surface area contributed by atoms with E-state index < -0.39 is 0 Å². The van der Waals surface area contributed by atoms with Crippen LogP contribution in [0.25, 0.3) is 0 Å². The summed E-state index contributed by atoms with van der Waals surface area (Å²) in [7, 11) is 0. The second-order valence-corrected chi connectivity index (χ2v) is 7.93. The van der Waals surface area contributed by atoms with Gasteiger partial charge in [0.05, 0.1) is 0 Å². The summed E-state index contributed by atoms with van der Waals surface area (Å²) in [5, 5.41) is 4.17. The van der Waals surface area contributed by atoms with Crippen LogP contribution in [-0.4, -0.2) is 17.8 Å². The van der Waals surface area contributed by atoms with E-state index in [1.165, 1.54) is 16.9 Å². The lowest BCUT2D eigenvalue weighted by atomic mass is 9.87. The van der Waals surface area contributed by atoms with Gasteiger partial charge < -0.3 is 5.32 Å². The Kier molecular flexibility index (Phi) is 6.41. The largest absolute Gasteiger partial charge is 0.313 e. The van der Waals surface area contributed by atoms with Gasteiger partial charge in [0.15, 0.2) is 0 Å². The topological polar surface area (TPSA) is 12.0 Å². The van der Waals surface area contributed by atoms with Gasteiger partial charge in [-0.1, -0.05) is 46.8 Å². The molecule has 0 radical (unpaired) electrons. The Balaban J connectivity index is 2.49. The molecule has 0 aliphatic rings. The monoisotopic (exact) mass is 279 g/mol. The Labute approximate surface area is 123 Å². The van der Waals surface area contributed by atoms with Crippen molar-refractivity contribution >= 4 is 11.8 Å². The molecule has 0 aromatic heterocycles. The van der Waals surface area contributed by atoms with E-state index in [1.54, 1.807) is 0 Å². The van der Waals surface area contributed by atoms with Gasteiger partial charge in [-0.3, -0.25) is 0 Å². The van der Waals surface area contributed by atoms with Crippen LogP contribution in [0.3, 0.4) is 0 Å². The second-order valence-electron chi connectivity index (χ2n) is 6.42. The third-order valence-electron chi connectivity index (χ3n) is 3.42. The van der Waals surface area contributed by atoms with E-state index in [-0.39, 0.29) is 5.41 Å². The lowest BCUT2D eigenvalue weighted by Crippen LogP contribution is -2.30. The number of rotatable bonds is 6. The first kappa shape index (κ1) is 16.6. The summed E-state index contributed by atoms with van der Waals surface area (Å²) in [6.07, 6.45) is 1.19. The quantitative estimate of drug-likeness (QED) is 0.747. The van der Waals surface area contributed by atoms with Crippen molar-refractivity contribution in [3.63, 3.8) is 0 Å². The van der Waals surface area contributed by atoms with Crippen molar-refractivity contribution in [3.8, 4) is 0 Å². The molecule has 1 nitrogen and oxygen atoms in total. The van der Waals surface area contributed by atoms with E-state index in [0.29, 0.717) is 11.3 Å². The standard InChI is InChI=1S/C17H29NS/c1-7-13(2)18-12-14(3)19-16-10-8-15(9-11-16)17(4,5)6/h8-11,13-14,18H,7,12H2,1-6H3. The summed E-state index contributed by atoms with van der Waals surface area (Å²) in [6, 6.07) is 9.65. The van der Waals surface area contributed by atoms with Gasteiger partial charge in [0.1, 0.15) is 0 Å². The molecule has 2 heteroatoms. The molecular weight excluding hydrogens is 250 g/mol. The highest BCUT2D eigenvalue weighted by Crippen LogP contribution is 2.27. The van der Waals surface area contributed by atoms with Gasteiger partial charge in [-0.05, 0) is 36.5 Å². The van der Waals surface area contributed by atoms with Gasteiger partial charge in [-0.2, -0.15) is 0 Å². The van der Waals surface area contributed by atoms with Crippen LogP contribution in [0, 0.1) is 0 Å². The third-order valence-corrected chi connectivity index (χ3v) is 4.54. The van der Waals surface area contributed by atoms with Crippen LogP contribution in [0.5, 0.6) is 0 Å². The van der Waals surface area contributed by atoms with Crippen molar-refractivity contribution in [1.82, 2.24) is 5.32 Å². The molecule has 1 aromatic rings. The molecule has 19 heavy (non-hydrogen) atoms. The third kappa shape index (κ3) is 6.01. The number of nitrogens with one attached hydrogen (secondary N) is 1. The molecule has 0 saturated carbocycles. The van der Waals surface area contributed by atoms with Crippen molar-refractivity contribution in [2.75, 3.05) is 6.54 Å². The maximum atomic E-state index is 3.57. The number of hydrogen-bond acceptors (Lipinski definition) is 2. The summed E-state index contributed by atoms with van der Waals surface area (Å²) in [4.78, 5) is 1.37. The molecule has 0 saturated heterocycles. The highest BCUT2D eigenvalue weighted by Gasteiger charge is 2.13. The minimum atomic E-state index is 0.243. The molecule has 0 spiro atoms. The van der Waals surface area contributed by atoms with Crippen LogP contribution in [0.4, 0.5) is 0 Å². The SMILES string of the molecule is CCC(C)NCC(C)Sc1ccc(C(C)(C)C)cc1. The van der Waals surface area contributed by atoms with Crippen LogP contribution in [0.1, 0.15) is 53.5 Å². The molecule has 0 fully saturated rings. The van der Waals surface area contributed by atoms with Crippen LogP contribution in [0.15, 0.2) is 29.2 Å². The van der Waals surface area contributed by atoms with Crippen molar-refractivity contribution in [1.29, 1.82) is 0 Å². The molecule has 2 atom stereocenters. The molecule has 108 valence electrons. The van der Waals surface area contributed by atoms with Crippen LogP contribution in [-0.2, 0) is 5.41 Å². The Morgan fingerprint density at radius 2 is 1.68 bits per heavy atom. The first-order valence-corrected chi connectivity index (χ1v) is 8.21. The van der Waals surface area contributed by atoms with Crippen molar-refractivity contribution in [2.45, 2.75) is 69.6 Å². The predicted molar refractivity (Wildman–Crippen MR) is 88.2 cm³/mol. The lowest BCUT2D eigenvalue weighted by molar-refractivity contribution is 0.537. The summed E-state index contributed by atoms with van der Waals surface area (Å²) >= 11 is 1.95. The first-order chi connectivity index (χ1) is 8.82. The number of benzene rings is 1. The molecule has 1 aromatic carbocycles. The zero-order valence-corrected chi connectivity index (χ0v) is 14.1. The van der Waals surface area contributed by atoms with Crippen molar-refractivity contribution in [3.05, 3.63) is 29.8 Å². The van der Waals surface area contributed by atoms with Crippen molar-refractivity contribution < 1.29 is 0 Å². The highest BCUT2D eigenvalue weighted by atomic mass is 32.2. The van der Waals surface area contributed by atoms with Gasteiger partial charge in [-0.15, -0.1) is 11.8 Å². The molecule has 0 aliphatic heterocycles. The molecule has 0 heterocycles. The highest BCUT2D eigenvalue weighted by molar-refractivity contribution is 8.00. The fourth-order valence-corrected chi connectivity index (χ4v) is 2.76. The van der Waals surface area contributed by atoms with Gasteiger partial charge in [0, 0.05) is 22.7 Å². The van der Waals surface area contributed by atoms with Crippen molar-refractivity contribution in [2.24, 2.45) is 0 Å². The van der Waals surface area contributed by atoms with Crippen LogP contribution < -0.4 is 5.32 Å². The fraction of sp³-hybridized carbons (Fsp3) is 0.647. The summed E-state index contributed by atoms with van der Waals surface area (Å²) in [6.45, 7) is 14.6. The minimum Gasteiger partial charge on any atom is -0.313 e. The predicted octanol–water partition coefficient (Wildman–Crippen LogP) is 4.85. The number of hydrogen-bond donors (Lipinski definition) is 1. The maximum absolute atomic E-state index is 3.57. The van der Waals surface area contributed by atoms with E-state index in [4.69, 9.17) is 0 Å². The zero-order chi connectivity index (χ0) is 14.5. The molecule has 0 amide bonds. The van der Waals surface area contributed by atoms with E-state index in [1.807, 2.05) is 11.8 Å². The first-order valence-electron chi connectivity index (χ1n) is 7.33. The Bertz CT molecular complexity index is 364. The number of thioether (sulfide) groups is 1. The second kappa shape index (κ2) is 7.35. The molecular formula is C17H29NS. The zero-order valence-electron chi connectivity index (χ0n) is 13.3. The fourth-order valence-electron chi connectivity index (χ4n) is 1.82. The maximum Gasteiger partial charge on any atom is 0.0191 e. The Morgan fingerprint density at radius 3 is 2.16 bits per heavy atom. The van der Waals surface area contributed by atoms with E-state index in [9.17, 15) is 0 Å². The van der Waals surface area contributed by atoms with Gasteiger partial charge in [-0.25, -0.2) is 0 Å². The van der Waals surface area contributed by atoms with E-state index >= 15 is 0 Å². The van der Waals surface area contributed by atoms with Crippen LogP contribution in [0.2, 0.25) is 0 Å². The molecule has 0 aliphatic carbocycles. The minimum absolute atomic E-state index is 0.243. The Hall–Kier alpha value is -0.470. The van der Waals surface area contributed by atoms with Gasteiger partial charge >= 0.3 is 0 Å². The average molecular weight is 279 g/mol. The molecule has 1 rings (SSSR count). The molecule has 2 unspecified atom stereocenters. The summed E-state index contributed by atoms with van der Waals surface area (Å²) in [5.74, 6) is 0. The molecule has 0 bridgehead atoms. The summed E-state index contributed by atoms with van der Waals surface area (Å²) < 4.78 is 0. The normalized spacial score (nSPS) is 15.3. The summed E-state index contributed by atoms with van der Waals surface area (Å²) in [5.41, 5.74) is 1.65. The van der Waals surface area contributed by atoms with E-state index in [0.717, 1.165) is 6.54 Å². The Morgan fingerprint density at radius 1 is 1.11 bits per heavy atom. The average Bonchev–Trinajstić information content (AvgIpc) is 2.35.